The van der Waals surface area contributed by atoms with E-state index in [0.717, 1.165) is 10.6 Å². The summed E-state index contributed by atoms with van der Waals surface area (Å²) in [7, 11) is 0. The first-order chi connectivity index (χ1) is 11.0. The van der Waals surface area contributed by atoms with Crippen molar-refractivity contribution in [1.29, 1.82) is 0 Å². The van der Waals surface area contributed by atoms with Crippen LogP contribution >= 0.6 is 24.0 Å². The molecular formula is C16H22Cl2N4O2. The second-order valence-electron chi connectivity index (χ2n) is 6.32. The Hall–Kier alpha value is -1.18. The summed E-state index contributed by atoms with van der Waals surface area (Å²) >= 11 is 6.31. The molecule has 132 valence electrons. The SMILES string of the molecule is CC1(C)COC(c2ccccc2Cl)CN1Cc1noc(CN)n1.Cl. The van der Waals surface area contributed by atoms with Crippen molar-refractivity contribution in [2.75, 3.05) is 13.2 Å². The molecule has 2 N–H and O–H groups in total. The molecule has 0 saturated carbocycles. The van der Waals surface area contributed by atoms with E-state index in [9.17, 15) is 0 Å². The molecule has 6 nitrogen and oxygen atoms in total. The van der Waals surface area contributed by atoms with Gasteiger partial charge in [0.15, 0.2) is 5.82 Å². The van der Waals surface area contributed by atoms with Crippen LogP contribution in [-0.4, -0.2) is 33.7 Å². The smallest absolute Gasteiger partial charge is 0.240 e. The summed E-state index contributed by atoms with van der Waals surface area (Å²) in [6, 6.07) is 7.78. The van der Waals surface area contributed by atoms with Gasteiger partial charge in [-0.25, -0.2) is 0 Å². The lowest BCUT2D eigenvalue weighted by Crippen LogP contribution is -2.53. The third-order valence-corrected chi connectivity index (χ3v) is 4.49. The molecule has 1 saturated heterocycles. The average Bonchev–Trinajstić information content (AvgIpc) is 2.98. The molecule has 8 heteroatoms. The van der Waals surface area contributed by atoms with Crippen LogP contribution in [0.25, 0.3) is 0 Å². The van der Waals surface area contributed by atoms with Crippen LogP contribution in [0.3, 0.4) is 0 Å². The van der Waals surface area contributed by atoms with Crippen LogP contribution in [0, 0.1) is 0 Å². The lowest BCUT2D eigenvalue weighted by molar-refractivity contribution is -0.105. The minimum atomic E-state index is -0.124. The van der Waals surface area contributed by atoms with Crippen LogP contribution in [-0.2, 0) is 17.8 Å². The summed E-state index contributed by atoms with van der Waals surface area (Å²) in [5, 5.41) is 4.71. The molecule has 0 aliphatic carbocycles. The Balaban J connectivity index is 0.00000208. The van der Waals surface area contributed by atoms with Crippen LogP contribution in [0.15, 0.2) is 28.8 Å². The third kappa shape index (κ3) is 4.07. The number of hydrogen-bond acceptors (Lipinski definition) is 6. The van der Waals surface area contributed by atoms with Gasteiger partial charge in [-0.1, -0.05) is 35.0 Å². The molecule has 3 rings (SSSR count). The van der Waals surface area contributed by atoms with E-state index in [0.29, 0.717) is 31.4 Å². The highest BCUT2D eigenvalue weighted by atomic mass is 35.5. The minimum Gasteiger partial charge on any atom is -0.370 e. The molecule has 2 aromatic rings. The van der Waals surface area contributed by atoms with E-state index < -0.39 is 0 Å². The highest BCUT2D eigenvalue weighted by Crippen LogP contribution is 2.34. The Labute approximate surface area is 152 Å². The molecule has 1 aliphatic heterocycles. The maximum absolute atomic E-state index is 6.31. The zero-order valence-electron chi connectivity index (χ0n) is 13.7. The largest absolute Gasteiger partial charge is 0.370 e. The van der Waals surface area contributed by atoms with Crippen molar-refractivity contribution >= 4 is 24.0 Å². The Bertz CT molecular complexity index is 678. The summed E-state index contributed by atoms with van der Waals surface area (Å²) in [5.41, 5.74) is 6.40. The molecule has 1 atom stereocenters. The molecule has 2 heterocycles. The van der Waals surface area contributed by atoms with Crippen LogP contribution in [0.5, 0.6) is 0 Å². The number of halogens is 2. The van der Waals surface area contributed by atoms with Gasteiger partial charge in [0.25, 0.3) is 0 Å². The Morgan fingerprint density at radius 3 is 2.79 bits per heavy atom. The molecular weight excluding hydrogens is 351 g/mol. The maximum Gasteiger partial charge on any atom is 0.240 e. The first-order valence-corrected chi connectivity index (χ1v) is 8.00. The third-order valence-electron chi connectivity index (χ3n) is 4.15. The van der Waals surface area contributed by atoms with Gasteiger partial charge in [-0.3, -0.25) is 4.90 Å². The number of nitrogens with two attached hydrogens (primary N) is 1. The van der Waals surface area contributed by atoms with Gasteiger partial charge >= 0.3 is 0 Å². The zero-order valence-corrected chi connectivity index (χ0v) is 15.3. The Morgan fingerprint density at radius 1 is 1.38 bits per heavy atom. The highest BCUT2D eigenvalue weighted by molar-refractivity contribution is 6.31. The van der Waals surface area contributed by atoms with Gasteiger partial charge in [0.1, 0.15) is 0 Å². The topological polar surface area (TPSA) is 77.4 Å². The number of aromatic nitrogens is 2. The highest BCUT2D eigenvalue weighted by Gasteiger charge is 2.36. The van der Waals surface area contributed by atoms with Crippen molar-refractivity contribution < 1.29 is 9.26 Å². The van der Waals surface area contributed by atoms with Gasteiger partial charge in [-0.2, -0.15) is 4.98 Å². The Morgan fingerprint density at radius 2 is 2.12 bits per heavy atom. The predicted molar refractivity (Wildman–Crippen MR) is 94.1 cm³/mol. The normalized spacial score (nSPS) is 20.6. The molecule has 1 unspecified atom stereocenters. The molecule has 0 spiro atoms. The average molecular weight is 373 g/mol. The predicted octanol–water partition coefficient (Wildman–Crippen LogP) is 2.96. The van der Waals surface area contributed by atoms with Crippen LogP contribution in [0.2, 0.25) is 5.02 Å². The summed E-state index contributed by atoms with van der Waals surface area (Å²) in [6.07, 6.45) is -0.0717. The lowest BCUT2D eigenvalue weighted by Gasteiger charge is -2.45. The van der Waals surface area contributed by atoms with Crippen molar-refractivity contribution in [2.24, 2.45) is 5.73 Å². The molecule has 0 radical (unpaired) electrons. The van der Waals surface area contributed by atoms with E-state index in [1.54, 1.807) is 0 Å². The number of rotatable bonds is 4. The molecule has 24 heavy (non-hydrogen) atoms. The fraction of sp³-hybridized carbons (Fsp3) is 0.500. The lowest BCUT2D eigenvalue weighted by atomic mass is 9.98. The maximum atomic E-state index is 6.31. The summed E-state index contributed by atoms with van der Waals surface area (Å²) in [5.74, 6) is 1.09. The van der Waals surface area contributed by atoms with Crippen molar-refractivity contribution in [2.45, 2.75) is 38.6 Å². The van der Waals surface area contributed by atoms with Crippen LogP contribution < -0.4 is 5.73 Å². The van der Waals surface area contributed by atoms with E-state index in [2.05, 4.69) is 28.9 Å². The Kier molecular flexibility index (Phi) is 6.22. The van der Waals surface area contributed by atoms with Crippen molar-refractivity contribution in [3.05, 3.63) is 46.6 Å². The molecule has 1 aliphatic rings. The number of benzene rings is 1. The minimum absolute atomic E-state index is 0. The summed E-state index contributed by atoms with van der Waals surface area (Å²) in [4.78, 5) is 6.58. The first-order valence-electron chi connectivity index (χ1n) is 7.62. The first kappa shape index (κ1) is 19.1. The number of hydrogen-bond donors (Lipinski definition) is 1. The number of ether oxygens (including phenoxy) is 1. The molecule has 1 aromatic carbocycles. The molecule has 1 fully saturated rings. The molecule has 1 aromatic heterocycles. The number of nitrogens with zero attached hydrogens (tertiary/aromatic N) is 3. The summed E-state index contributed by atoms with van der Waals surface area (Å²) in [6.45, 7) is 6.43. The van der Waals surface area contributed by atoms with E-state index in [-0.39, 0.29) is 30.6 Å². The van der Waals surface area contributed by atoms with Gasteiger partial charge in [-0.15, -0.1) is 12.4 Å². The van der Waals surface area contributed by atoms with E-state index in [4.69, 9.17) is 26.6 Å². The quantitative estimate of drug-likeness (QED) is 0.888. The second kappa shape index (κ2) is 7.80. The monoisotopic (exact) mass is 372 g/mol. The van der Waals surface area contributed by atoms with Crippen molar-refractivity contribution in [3.8, 4) is 0 Å². The van der Waals surface area contributed by atoms with Crippen molar-refractivity contribution in [1.82, 2.24) is 15.0 Å². The second-order valence-corrected chi connectivity index (χ2v) is 6.73. The van der Waals surface area contributed by atoms with Crippen LogP contribution in [0.1, 0.15) is 37.2 Å². The zero-order chi connectivity index (χ0) is 16.4. The fourth-order valence-electron chi connectivity index (χ4n) is 2.71. The standard InChI is InChI=1S/C16H21ClN4O2.ClH/c1-16(2)10-22-13(11-5-3-4-6-12(11)17)8-21(16)9-14-19-15(7-18)23-20-14;/h3-6,13H,7-10,18H2,1-2H3;1H. The number of morpholine rings is 1. The molecule has 0 amide bonds. The van der Waals surface area contributed by atoms with Gasteiger partial charge in [-0.05, 0) is 19.9 Å². The van der Waals surface area contributed by atoms with Crippen LogP contribution in [0.4, 0.5) is 0 Å². The van der Waals surface area contributed by atoms with Crippen molar-refractivity contribution in [3.63, 3.8) is 0 Å². The van der Waals surface area contributed by atoms with Gasteiger partial charge < -0.3 is 15.0 Å². The van der Waals surface area contributed by atoms with E-state index >= 15 is 0 Å². The van der Waals surface area contributed by atoms with E-state index in [1.165, 1.54) is 0 Å². The summed E-state index contributed by atoms with van der Waals surface area (Å²) < 4.78 is 11.1. The van der Waals surface area contributed by atoms with Gasteiger partial charge in [0, 0.05) is 22.7 Å². The van der Waals surface area contributed by atoms with E-state index in [1.807, 2.05) is 24.3 Å². The van der Waals surface area contributed by atoms with Gasteiger partial charge in [0.2, 0.25) is 5.89 Å². The van der Waals surface area contributed by atoms with Gasteiger partial charge in [0.05, 0.1) is 25.8 Å². The fourth-order valence-corrected chi connectivity index (χ4v) is 2.96. The molecule has 0 bridgehead atoms.